The third-order valence-electron chi connectivity index (χ3n) is 6.65. The Labute approximate surface area is 300 Å². The third kappa shape index (κ3) is 19.7. The normalized spacial score (nSPS) is 11.4. The molecule has 2 atom stereocenters. The molecular weight excluding hydrogens is 616 g/mol. The molecule has 5 amide bonds. The van der Waals surface area contributed by atoms with Crippen LogP contribution in [0.3, 0.4) is 0 Å². The van der Waals surface area contributed by atoms with Crippen LogP contribution in [0.5, 0.6) is 0 Å². The van der Waals surface area contributed by atoms with Gasteiger partial charge in [-0.05, 0) is 63.8 Å². The van der Waals surface area contributed by atoms with E-state index in [1.165, 1.54) is 6.42 Å². The number of hydrogen-bond acceptors (Lipinski definition) is 5. The Bertz CT molecular complexity index is 1100. The molecule has 0 radical (unpaired) electrons. The molecule has 1 unspecified atom stereocenters. The Morgan fingerprint density at radius 1 is 0.776 bits per heavy atom. The number of carbonyl (C=O) groups is 5. The number of carbonyl (C=O) groups excluding carboxylic acids is 5. The van der Waals surface area contributed by atoms with Crippen LogP contribution < -0.4 is 16.0 Å². The Morgan fingerprint density at radius 2 is 1.20 bits per heavy atom. The maximum atomic E-state index is 13.5. The molecule has 0 spiro atoms. The second kappa shape index (κ2) is 28.1. The number of amides is 5. The SMILES string of the molecule is C=CC(=O)N(C(=O)C=C)C(C)(C)CC(C)(C)C(=O)NC(C(=O)N[C@@H](CCC)C(=O)Nc1ccc(C)cc1)C(C)C.CC.CC.CC.CCC. The van der Waals surface area contributed by atoms with Gasteiger partial charge in [0.25, 0.3) is 11.8 Å². The Kier molecular flexibility index (Phi) is 29.9. The van der Waals surface area contributed by atoms with Crippen molar-refractivity contribution in [2.45, 2.75) is 154 Å². The predicted molar refractivity (Wildman–Crippen MR) is 208 cm³/mol. The maximum Gasteiger partial charge on any atom is 0.253 e. The minimum absolute atomic E-state index is 0.106. The van der Waals surface area contributed by atoms with Crippen molar-refractivity contribution < 1.29 is 24.0 Å². The molecule has 0 fully saturated rings. The summed E-state index contributed by atoms with van der Waals surface area (Å²) in [5.74, 6) is -2.72. The lowest BCUT2D eigenvalue weighted by molar-refractivity contribution is -0.148. The van der Waals surface area contributed by atoms with Crippen molar-refractivity contribution in [1.29, 1.82) is 0 Å². The van der Waals surface area contributed by atoms with Crippen LogP contribution in [-0.2, 0) is 24.0 Å². The number of rotatable bonds is 14. The van der Waals surface area contributed by atoms with Crippen molar-refractivity contribution in [3.8, 4) is 0 Å². The van der Waals surface area contributed by atoms with Gasteiger partial charge < -0.3 is 16.0 Å². The molecular formula is C40H72N4O5. The summed E-state index contributed by atoms with van der Waals surface area (Å²) in [7, 11) is 0. The molecule has 1 aromatic carbocycles. The summed E-state index contributed by atoms with van der Waals surface area (Å²) >= 11 is 0. The van der Waals surface area contributed by atoms with E-state index >= 15 is 0 Å². The van der Waals surface area contributed by atoms with Gasteiger partial charge in [-0.2, -0.15) is 0 Å². The van der Waals surface area contributed by atoms with Crippen molar-refractivity contribution in [2.75, 3.05) is 5.32 Å². The summed E-state index contributed by atoms with van der Waals surface area (Å²) in [6, 6.07) is 5.66. The van der Waals surface area contributed by atoms with Gasteiger partial charge in [-0.1, -0.05) is 134 Å². The van der Waals surface area contributed by atoms with E-state index in [0.29, 0.717) is 18.5 Å². The van der Waals surface area contributed by atoms with Gasteiger partial charge in [0.05, 0.1) is 0 Å². The highest BCUT2D eigenvalue weighted by atomic mass is 16.2. The number of nitrogens with zero attached hydrogens (tertiary/aromatic N) is 1. The predicted octanol–water partition coefficient (Wildman–Crippen LogP) is 8.78. The number of hydrogen-bond donors (Lipinski definition) is 3. The maximum absolute atomic E-state index is 13.5. The summed E-state index contributed by atoms with van der Waals surface area (Å²) in [6.45, 7) is 37.4. The number of aryl methyl sites for hydroxylation is 1. The van der Waals surface area contributed by atoms with E-state index in [9.17, 15) is 24.0 Å². The van der Waals surface area contributed by atoms with Crippen LogP contribution in [0.1, 0.15) is 135 Å². The van der Waals surface area contributed by atoms with Crippen LogP contribution >= 0.6 is 0 Å². The van der Waals surface area contributed by atoms with Crippen LogP contribution in [0.4, 0.5) is 5.69 Å². The van der Waals surface area contributed by atoms with Crippen molar-refractivity contribution >= 4 is 35.2 Å². The van der Waals surface area contributed by atoms with E-state index in [2.05, 4.69) is 43.0 Å². The van der Waals surface area contributed by atoms with E-state index < -0.39 is 46.7 Å². The fraction of sp³-hybridized carbons (Fsp3) is 0.625. The molecule has 3 N–H and O–H groups in total. The van der Waals surface area contributed by atoms with Gasteiger partial charge in [0, 0.05) is 16.6 Å². The van der Waals surface area contributed by atoms with Crippen LogP contribution in [0.15, 0.2) is 49.6 Å². The minimum atomic E-state index is -1.08. The Hall–Kier alpha value is -3.75. The van der Waals surface area contributed by atoms with E-state index in [4.69, 9.17) is 0 Å². The molecule has 0 saturated heterocycles. The fourth-order valence-corrected chi connectivity index (χ4v) is 4.69. The largest absolute Gasteiger partial charge is 0.344 e. The number of anilines is 1. The van der Waals surface area contributed by atoms with E-state index in [-0.39, 0.29) is 18.2 Å². The first kappa shape index (κ1) is 52.1. The zero-order valence-corrected chi connectivity index (χ0v) is 33.9. The summed E-state index contributed by atoms with van der Waals surface area (Å²) in [5, 5.41) is 8.49. The zero-order chi connectivity index (χ0) is 39.5. The standard InChI is InChI=1S/C31H46N4O5.C3H8.3C2H6/c1-11-14-23(27(38)32-22-17-15-21(6)16-18-22)33-28(39)26(20(4)5)34-29(40)30(7,8)19-31(9,10)35(24(36)12-2)25(37)13-3;1-3-2;3*1-2/h12-13,15-18,20,23,26H,2-3,11,14,19H2,1,4-10H3,(H,32,38)(H,33,39)(H,34,40);3H2,1-2H3;3*1-2H3/t23-,26?;;;;/m0..../s1. The minimum Gasteiger partial charge on any atom is -0.344 e. The molecule has 1 aromatic rings. The average Bonchev–Trinajstić information content (AvgIpc) is 3.06. The van der Waals surface area contributed by atoms with Gasteiger partial charge in [0.15, 0.2) is 0 Å². The molecule has 9 nitrogen and oxygen atoms in total. The van der Waals surface area contributed by atoms with Gasteiger partial charge in [-0.25, -0.2) is 0 Å². The second-order valence-corrected chi connectivity index (χ2v) is 12.4. The lowest BCUT2D eigenvalue weighted by Gasteiger charge is -2.41. The summed E-state index contributed by atoms with van der Waals surface area (Å²) < 4.78 is 0. The first-order chi connectivity index (χ1) is 22.9. The summed E-state index contributed by atoms with van der Waals surface area (Å²) in [6.07, 6.45) is 4.52. The number of nitrogens with one attached hydrogen (secondary N) is 3. The fourth-order valence-electron chi connectivity index (χ4n) is 4.69. The molecule has 1 rings (SSSR count). The number of benzene rings is 1. The third-order valence-corrected chi connectivity index (χ3v) is 6.65. The van der Waals surface area contributed by atoms with Crippen LogP contribution in [0, 0.1) is 18.3 Å². The number of imide groups is 1. The highest BCUT2D eigenvalue weighted by Gasteiger charge is 2.42. The van der Waals surface area contributed by atoms with Crippen molar-refractivity contribution in [3.63, 3.8) is 0 Å². The molecule has 9 heteroatoms. The topological polar surface area (TPSA) is 125 Å². The van der Waals surface area contributed by atoms with Crippen molar-refractivity contribution in [2.24, 2.45) is 11.3 Å². The van der Waals surface area contributed by atoms with E-state index in [0.717, 1.165) is 22.6 Å². The summed E-state index contributed by atoms with van der Waals surface area (Å²) in [5.41, 5.74) is -0.453. The molecule has 0 aliphatic carbocycles. The van der Waals surface area contributed by atoms with E-state index in [1.54, 1.807) is 53.7 Å². The lowest BCUT2D eigenvalue weighted by Crippen LogP contribution is -2.58. The molecule has 0 aliphatic heterocycles. The molecule has 49 heavy (non-hydrogen) atoms. The quantitative estimate of drug-likeness (QED) is 0.169. The molecule has 0 saturated carbocycles. The summed E-state index contributed by atoms with van der Waals surface area (Å²) in [4.78, 5) is 65.8. The van der Waals surface area contributed by atoms with Gasteiger partial charge >= 0.3 is 0 Å². The molecule has 0 heterocycles. The van der Waals surface area contributed by atoms with Crippen LogP contribution in [-0.4, -0.2) is 52.1 Å². The first-order valence-corrected chi connectivity index (χ1v) is 18.0. The van der Waals surface area contributed by atoms with Crippen LogP contribution in [0.25, 0.3) is 0 Å². The first-order valence-electron chi connectivity index (χ1n) is 18.0. The smallest absolute Gasteiger partial charge is 0.253 e. The van der Waals surface area contributed by atoms with Crippen molar-refractivity contribution in [3.05, 3.63) is 55.1 Å². The average molecular weight is 689 g/mol. The van der Waals surface area contributed by atoms with Crippen LogP contribution in [0.2, 0.25) is 0 Å². The Balaban J connectivity index is -0.00000102. The van der Waals surface area contributed by atoms with E-state index in [1.807, 2.05) is 67.5 Å². The molecule has 282 valence electrons. The highest BCUT2D eigenvalue weighted by molar-refractivity contribution is 6.05. The van der Waals surface area contributed by atoms with Gasteiger partial charge in [-0.15, -0.1) is 0 Å². The highest BCUT2D eigenvalue weighted by Crippen LogP contribution is 2.33. The second-order valence-electron chi connectivity index (χ2n) is 12.4. The van der Waals surface area contributed by atoms with Gasteiger partial charge in [0.1, 0.15) is 12.1 Å². The van der Waals surface area contributed by atoms with Gasteiger partial charge in [-0.3, -0.25) is 28.9 Å². The molecule has 0 aromatic heterocycles. The van der Waals surface area contributed by atoms with Crippen molar-refractivity contribution in [1.82, 2.24) is 15.5 Å². The zero-order valence-electron chi connectivity index (χ0n) is 33.9. The van der Waals surface area contributed by atoms with Gasteiger partial charge in [0.2, 0.25) is 17.7 Å². The Morgan fingerprint density at radius 3 is 1.57 bits per heavy atom. The molecule has 0 aliphatic rings. The molecule has 0 bridgehead atoms. The monoisotopic (exact) mass is 689 g/mol. The lowest BCUT2D eigenvalue weighted by atomic mass is 9.78.